The van der Waals surface area contributed by atoms with Crippen molar-refractivity contribution in [3.63, 3.8) is 0 Å². The zero-order valence-electron chi connectivity index (χ0n) is 14.4. The number of esters is 1. The lowest BCUT2D eigenvalue weighted by Crippen LogP contribution is -2.08. The molecular formula is C20H11BrCl2N2O3. The average molecular weight is 478 g/mol. The number of nitrogens with zero attached hydrogens (tertiary/aromatic N) is 2. The third kappa shape index (κ3) is 3.39. The van der Waals surface area contributed by atoms with Gasteiger partial charge in [-0.2, -0.15) is 0 Å². The molecule has 0 radical (unpaired) electrons. The molecular weight excluding hydrogens is 467 g/mol. The molecule has 140 valence electrons. The predicted molar refractivity (Wildman–Crippen MR) is 113 cm³/mol. The van der Waals surface area contributed by atoms with Crippen molar-refractivity contribution in [3.8, 4) is 0 Å². The van der Waals surface area contributed by atoms with E-state index in [-0.39, 0.29) is 17.5 Å². The largest absolute Gasteiger partial charge is 0.402 e. The molecule has 5 nitrogen and oxygen atoms in total. The molecule has 1 aliphatic rings. The normalized spacial score (nSPS) is 15.2. The number of aliphatic imine (C=N–C) groups is 1. The SMILES string of the molecule is CC(=O)n1c(/C=C2/N=C(c3ccc(Cl)c(Cl)c3)OC2=O)cc2cc(Br)ccc21. The van der Waals surface area contributed by atoms with Crippen LogP contribution < -0.4 is 0 Å². The van der Waals surface area contributed by atoms with Crippen molar-refractivity contribution in [1.29, 1.82) is 0 Å². The second-order valence-corrected chi connectivity index (χ2v) is 7.82. The van der Waals surface area contributed by atoms with Crippen molar-refractivity contribution in [3.05, 3.63) is 73.9 Å². The molecule has 0 unspecified atom stereocenters. The van der Waals surface area contributed by atoms with Gasteiger partial charge >= 0.3 is 5.97 Å². The Morgan fingerprint density at radius 2 is 1.93 bits per heavy atom. The van der Waals surface area contributed by atoms with Crippen LogP contribution >= 0.6 is 39.1 Å². The van der Waals surface area contributed by atoms with Gasteiger partial charge in [0.15, 0.2) is 5.70 Å². The Balaban J connectivity index is 1.81. The van der Waals surface area contributed by atoms with Crippen LogP contribution in [0.2, 0.25) is 10.0 Å². The van der Waals surface area contributed by atoms with E-state index in [9.17, 15) is 9.59 Å². The summed E-state index contributed by atoms with van der Waals surface area (Å²) >= 11 is 15.4. The summed E-state index contributed by atoms with van der Waals surface area (Å²) in [5.74, 6) is -0.658. The van der Waals surface area contributed by atoms with Gasteiger partial charge in [0, 0.05) is 22.3 Å². The summed E-state index contributed by atoms with van der Waals surface area (Å²) in [6.45, 7) is 1.46. The minimum atomic E-state index is -0.609. The maximum absolute atomic E-state index is 12.3. The molecule has 0 saturated heterocycles. The predicted octanol–water partition coefficient (Wildman–Crippen LogP) is 5.72. The van der Waals surface area contributed by atoms with E-state index in [0.29, 0.717) is 21.3 Å². The third-order valence-electron chi connectivity index (χ3n) is 4.18. The van der Waals surface area contributed by atoms with Crippen LogP contribution in [-0.2, 0) is 9.53 Å². The lowest BCUT2D eigenvalue weighted by atomic mass is 10.2. The number of aromatic nitrogens is 1. The Kier molecular flexibility index (Phi) is 4.87. The maximum Gasteiger partial charge on any atom is 0.363 e. The first-order valence-electron chi connectivity index (χ1n) is 8.13. The van der Waals surface area contributed by atoms with Crippen molar-refractivity contribution in [2.45, 2.75) is 6.92 Å². The number of cyclic esters (lactones) is 1. The number of hydrogen-bond acceptors (Lipinski definition) is 4. The Morgan fingerprint density at radius 3 is 2.64 bits per heavy atom. The summed E-state index contributed by atoms with van der Waals surface area (Å²) < 4.78 is 7.67. The summed E-state index contributed by atoms with van der Waals surface area (Å²) in [5, 5.41) is 1.58. The Bertz CT molecular complexity index is 1230. The number of fused-ring (bicyclic) bond motifs is 1. The summed E-state index contributed by atoms with van der Waals surface area (Å²) in [6.07, 6.45) is 1.53. The van der Waals surface area contributed by atoms with E-state index < -0.39 is 5.97 Å². The highest BCUT2D eigenvalue weighted by molar-refractivity contribution is 9.10. The van der Waals surface area contributed by atoms with Crippen LogP contribution in [0.25, 0.3) is 17.0 Å². The van der Waals surface area contributed by atoms with Gasteiger partial charge in [-0.1, -0.05) is 39.1 Å². The lowest BCUT2D eigenvalue weighted by molar-refractivity contribution is -0.129. The standard InChI is InChI=1S/C20H11BrCl2N2O3/c1-10(26)25-14(7-12-6-13(21)3-5-18(12)25)9-17-20(27)28-19(24-17)11-2-4-15(22)16(23)8-11/h2-9H,1H3/b17-9+. The molecule has 0 aliphatic carbocycles. The van der Waals surface area contributed by atoms with Gasteiger partial charge in [-0.25, -0.2) is 9.79 Å². The molecule has 0 fully saturated rings. The second-order valence-electron chi connectivity index (χ2n) is 6.09. The van der Waals surface area contributed by atoms with E-state index in [1.54, 1.807) is 18.2 Å². The van der Waals surface area contributed by atoms with Crippen LogP contribution in [0.5, 0.6) is 0 Å². The molecule has 2 aromatic carbocycles. The molecule has 0 spiro atoms. The first-order valence-corrected chi connectivity index (χ1v) is 9.68. The minimum absolute atomic E-state index is 0.0884. The van der Waals surface area contributed by atoms with Crippen LogP contribution in [0.3, 0.4) is 0 Å². The van der Waals surface area contributed by atoms with Gasteiger partial charge in [-0.05, 0) is 48.5 Å². The summed E-state index contributed by atoms with van der Waals surface area (Å²) in [4.78, 5) is 28.7. The van der Waals surface area contributed by atoms with Gasteiger partial charge in [0.05, 0.1) is 21.3 Å². The zero-order valence-corrected chi connectivity index (χ0v) is 17.5. The van der Waals surface area contributed by atoms with E-state index in [0.717, 1.165) is 15.4 Å². The van der Waals surface area contributed by atoms with Crippen molar-refractivity contribution >= 4 is 73.9 Å². The Morgan fingerprint density at radius 1 is 1.14 bits per heavy atom. The lowest BCUT2D eigenvalue weighted by Gasteiger charge is -2.03. The number of carbonyl (C=O) groups is 2. The van der Waals surface area contributed by atoms with E-state index in [2.05, 4.69) is 20.9 Å². The Labute approximate surface area is 178 Å². The molecule has 0 amide bonds. The summed E-state index contributed by atoms with van der Waals surface area (Å²) in [5.41, 5.74) is 1.89. The molecule has 1 aliphatic heterocycles. The highest BCUT2D eigenvalue weighted by Gasteiger charge is 2.25. The Hall–Kier alpha value is -2.41. The van der Waals surface area contributed by atoms with E-state index >= 15 is 0 Å². The minimum Gasteiger partial charge on any atom is -0.402 e. The van der Waals surface area contributed by atoms with Gasteiger partial charge in [-0.3, -0.25) is 9.36 Å². The third-order valence-corrected chi connectivity index (χ3v) is 5.41. The second kappa shape index (κ2) is 7.20. The highest BCUT2D eigenvalue weighted by atomic mass is 79.9. The number of ether oxygens (including phenoxy) is 1. The highest BCUT2D eigenvalue weighted by Crippen LogP contribution is 2.28. The van der Waals surface area contributed by atoms with Crippen molar-refractivity contribution < 1.29 is 14.3 Å². The smallest absolute Gasteiger partial charge is 0.363 e. The monoisotopic (exact) mass is 476 g/mol. The quantitative estimate of drug-likeness (QED) is 0.350. The van der Waals surface area contributed by atoms with Gasteiger partial charge in [0.2, 0.25) is 11.8 Å². The van der Waals surface area contributed by atoms with E-state index in [4.69, 9.17) is 27.9 Å². The zero-order chi connectivity index (χ0) is 20.0. The number of hydrogen-bond donors (Lipinski definition) is 0. The topological polar surface area (TPSA) is 60.7 Å². The van der Waals surface area contributed by atoms with E-state index in [1.165, 1.54) is 17.6 Å². The molecule has 0 atom stereocenters. The fourth-order valence-electron chi connectivity index (χ4n) is 2.97. The summed E-state index contributed by atoms with van der Waals surface area (Å²) in [7, 11) is 0. The van der Waals surface area contributed by atoms with Gasteiger partial charge in [0.25, 0.3) is 0 Å². The first kappa shape index (κ1) is 18.9. The fourth-order valence-corrected chi connectivity index (χ4v) is 3.64. The number of carbonyl (C=O) groups excluding carboxylic acids is 2. The number of rotatable bonds is 2. The molecule has 0 N–H and O–H groups in total. The van der Waals surface area contributed by atoms with Crippen molar-refractivity contribution in [2.75, 3.05) is 0 Å². The number of halogens is 3. The number of benzene rings is 2. The van der Waals surface area contributed by atoms with Crippen LogP contribution in [0, 0.1) is 0 Å². The molecule has 1 aromatic heterocycles. The maximum atomic E-state index is 12.3. The molecule has 3 aromatic rings. The van der Waals surface area contributed by atoms with Crippen molar-refractivity contribution in [2.24, 2.45) is 4.99 Å². The van der Waals surface area contributed by atoms with Crippen molar-refractivity contribution in [1.82, 2.24) is 4.57 Å². The van der Waals surface area contributed by atoms with Gasteiger partial charge in [0.1, 0.15) is 0 Å². The molecule has 0 saturated carbocycles. The first-order chi connectivity index (χ1) is 13.3. The van der Waals surface area contributed by atoms with E-state index in [1.807, 2.05) is 24.3 Å². The van der Waals surface area contributed by atoms with Crippen LogP contribution in [0.4, 0.5) is 0 Å². The van der Waals surface area contributed by atoms with Gasteiger partial charge in [-0.15, -0.1) is 0 Å². The van der Waals surface area contributed by atoms with Gasteiger partial charge < -0.3 is 4.74 Å². The van der Waals surface area contributed by atoms with Crippen LogP contribution in [0.15, 0.2) is 57.6 Å². The molecule has 0 bridgehead atoms. The average Bonchev–Trinajstić information content (AvgIpc) is 3.17. The molecule has 4 rings (SSSR count). The molecule has 28 heavy (non-hydrogen) atoms. The fraction of sp³-hybridized carbons (Fsp3) is 0.0500. The van der Waals surface area contributed by atoms with Crippen LogP contribution in [0.1, 0.15) is 23.0 Å². The molecule has 2 heterocycles. The van der Waals surface area contributed by atoms with Crippen LogP contribution in [-0.4, -0.2) is 22.3 Å². The molecule has 8 heteroatoms. The summed E-state index contributed by atoms with van der Waals surface area (Å²) in [6, 6.07) is 12.2.